The summed E-state index contributed by atoms with van der Waals surface area (Å²) in [5.41, 5.74) is 1.65. The van der Waals surface area contributed by atoms with Crippen LogP contribution in [0.2, 0.25) is 0 Å². The van der Waals surface area contributed by atoms with E-state index in [2.05, 4.69) is 54.9 Å². The molecule has 2 unspecified atom stereocenters. The molecule has 0 radical (unpaired) electrons. The second-order valence-electron chi connectivity index (χ2n) is 9.23. The number of rotatable bonds is 6. The van der Waals surface area contributed by atoms with Gasteiger partial charge in [-0.25, -0.2) is 9.37 Å². The number of hydrogen-bond acceptors (Lipinski definition) is 9. The number of hydrogen-bond donors (Lipinski definition) is 2. The van der Waals surface area contributed by atoms with Gasteiger partial charge in [0.15, 0.2) is 11.6 Å². The lowest BCUT2D eigenvalue weighted by molar-refractivity contribution is 0.0500. The van der Waals surface area contributed by atoms with Crippen LogP contribution in [0.4, 0.5) is 21.8 Å². The zero-order valence-electron chi connectivity index (χ0n) is 19.0. The van der Waals surface area contributed by atoms with Gasteiger partial charge in [-0.3, -0.25) is 4.90 Å². The Balaban J connectivity index is 1.33. The zero-order valence-corrected chi connectivity index (χ0v) is 19.8. The molecule has 2 saturated heterocycles. The highest BCUT2D eigenvalue weighted by molar-refractivity contribution is 7.98. The average Bonchev–Trinajstić information content (AvgIpc) is 3.46. The van der Waals surface area contributed by atoms with Crippen LogP contribution in [0, 0.1) is 5.82 Å². The second-order valence-corrected chi connectivity index (χ2v) is 10.00. The lowest BCUT2D eigenvalue weighted by atomic mass is 9.84. The molecule has 1 aromatic carbocycles. The predicted molar refractivity (Wildman–Crippen MR) is 127 cm³/mol. The van der Waals surface area contributed by atoms with E-state index in [-0.39, 0.29) is 17.4 Å². The SMILES string of the molecule is CSc1nnnn1-c1cccc(Nc2ncc(F)c(NC3CC4CCCN4C(C)(C)C3)n2)c1. The summed E-state index contributed by atoms with van der Waals surface area (Å²) in [5.74, 6) is 0.121. The maximum absolute atomic E-state index is 14.6. The normalized spacial score (nSPS) is 22.2. The molecule has 5 rings (SSSR count). The first kappa shape index (κ1) is 22.0. The Bertz CT molecular complexity index is 1130. The molecular formula is C22H28FN9S. The van der Waals surface area contributed by atoms with Crippen LogP contribution in [0.3, 0.4) is 0 Å². The third-order valence-corrected chi connectivity index (χ3v) is 7.13. The van der Waals surface area contributed by atoms with Gasteiger partial charge in [0.25, 0.3) is 0 Å². The van der Waals surface area contributed by atoms with Gasteiger partial charge >= 0.3 is 0 Å². The van der Waals surface area contributed by atoms with Crippen LogP contribution in [0.5, 0.6) is 0 Å². The molecule has 0 aliphatic carbocycles. The molecule has 2 aromatic heterocycles. The minimum atomic E-state index is -0.445. The van der Waals surface area contributed by atoms with Gasteiger partial charge in [0.05, 0.1) is 11.9 Å². The summed E-state index contributed by atoms with van der Waals surface area (Å²) in [6, 6.07) is 8.32. The van der Waals surface area contributed by atoms with Crippen LogP contribution in [-0.4, -0.2) is 65.5 Å². The quantitative estimate of drug-likeness (QED) is 0.521. The van der Waals surface area contributed by atoms with Crippen molar-refractivity contribution in [2.75, 3.05) is 23.4 Å². The molecule has 2 N–H and O–H groups in total. The Morgan fingerprint density at radius 3 is 3.00 bits per heavy atom. The maximum atomic E-state index is 14.6. The standard InChI is InChI=1S/C22H28FN9S/c1-22(2)12-15(11-16-8-5-9-31(16)22)25-19-18(23)13-24-20(27-19)26-14-6-4-7-17(10-14)32-21(33-3)28-29-30-32/h4,6-7,10,13,15-16H,5,8-9,11-12H2,1-3H3,(H2,24,25,26,27). The van der Waals surface area contributed by atoms with Gasteiger partial charge in [-0.2, -0.15) is 9.67 Å². The van der Waals surface area contributed by atoms with Crippen molar-refractivity contribution in [3.63, 3.8) is 0 Å². The minimum Gasteiger partial charge on any atom is -0.365 e. The molecule has 33 heavy (non-hydrogen) atoms. The second kappa shape index (κ2) is 8.86. The number of halogens is 1. The minimum absolute atomic E-state index is 0.0912. The summed E-state index contributed by atoms with van der Waals surface area (Å²) < 4.78 is 16.3. The molecule has 0 spiro atoms. The van der Waals surface area contributed by atoms with Crippen molar-refractivity contribution >= 4 is 29.2 Å². The number of benzene rings is 1. The van der Waals surface area contributed by atoms with E-state index >= 15 is 0 Å². The first-order valence-corrected chi connectivity index (χ1v) is 12.4. The largest absolute Gasteiger partial charge is 0.365 e. The highest BCUT2D eigenvalue weighted by Crippen LogP contribution is 2.38. The van der Waals surface area contributed by atoms with Crippen LogP contribution in [0.25, 0.3) is 5.69 Å². The molecule has 11 heteroatoms. The van der Waals surface area contributed by atoms with Crippen LogP contribution in [0.15, 0.2) is 35.6 Å². The molecule has 0 saturated carbocycles. The maximum Gasteiger partial charge on any atom is 0.229 e. The van der Waals surface area contributed by atoms with E-state index in [9.17, 15) is 4.39 Å². The van der Waals surface area contributed by atoms with Gasteiger partial charge in [0.1, 0.15) is 0 Å². The zero-order chi connectivity index (χ0) is 23.0. The van der Waals surface area contributed by atoms with E-state index in [1.165, 1.54) is 30.8 Å². The van der Waals surface area contributed by atoms with Crippen molar-refractivity contribution in [2.24, 2.45) is 0 Å². The van der Waals surface area contributed by atoms with E-state index in [4.69, 9.17) is 0 Å². The van der Waals surface area contributed by atoms with Crippen LogP contribution < -0.4 is 10.6 Å². The van der Waals surface area contributed by atoms with E-state index in [0.29, 0.717) is 17.1 Å². The van der Waals surface area contributed by atoms with Gasteiger partial charge in [0, 0.05) is 23.3 Å². The molecule has 2 atom stereocenters. The molecule has 174 valence electrons. The van der Waals surface area contributed by atoms with Crippen molar-refractivity contribution in [2.45, 2.75) is 62.3 Å². The van der Waals surface area contributed by atoms with Crippen molar-refractivity contribution in [1.29, 1.82) is 0 Å². The Kier molecular flexibility index (Phi) is 5.92. The molecule has 2 aliphatic rings. The summed E-state index contributed by atoms with van der Waals surface area (Å²) in [7, 11) is 0. The first-order valence-electron chi connectivity index (χ1n) is 11.2. The molecule has 0 amide bonds. The number of tetrazole rings is 1. The summed E-state index contributed by atoms with van der Waals surface area (Å²) in [6.45, 7) is 5.72. The van der Waals surface area contributed by atoms with E-state index in [1.54, 1.807) is 4.68 Å². The van der Waals surface area contributed by atoms with Crippen molar-refractivity contribution in [1.82, 2.24) is 35.1 Å². The van der Waals surface area contributed by atoms with Gasteiger partial charge in [-0.05, 0) is 81.0 Å². The molecule has 2 fully saturated rings. The first-order chi connectivity index (χ1) is 15.9. The summed E-state index contributed by atoms with van der Waals surface area (Å²) in [5, 5.41) is 19.0. The lowest BCUT2D eigenvalue weighted by Crippen LogP contribution is -2.55. The fourth-order valence-corrected chi connectivity index (χ4v) is 5.59. The van der Waals surface area contributed by atoms with E-state index in [1.807, 2.05) is 30.5 Å². The van der Waals surface area contributed by atoms with Crippen molar-refractivity contribution in [3.05, 3.63) is 36.3 Å². The fourth-order valence-electron chi connectivity index (χ4n) is 5.15. The van der Waals surface area contributed by atoms with E-state index < -0.39 is 5.82 Å². The smallest absolute Gasteiger partial charge is 0.229 e. The number of nitrogens with zero attached hydrogens (tertiary/aromatic N) is 7. The van der Waals surface area contributed by atoms with Crippen LogP contribution in [-0.2, 0) is 0 Å². The van der Waals surface area contributed by atoms with E-state index in [0.717, 1.165) is 30.8 Å². The van der Waals surface area contributed by atoms with Crippen molar-refractivity contribution in [3.8, 4) is 5.69 Å². The third-order valence-electron chi connectivity index (χ3n) is 6.51. The number of fused-ring (bicyclic) bond motifs is 1. The fraction of sp³-hybridized carbons (Fsp3) is 0.500. The highest BCUT2D eigenvalue weighted by atomic mass is 32.2. The van der Waals surface area contributed by atoms with Gasteiger partial charge < -0.3 is 10.6 Å². The number of thioether (sulfide) groups is 1. The molecule has 4 heterocycles. The van der Waals surface area contributed by atoms with Crippen LogP contribution in [0.1, 0.15) is 39.5 Å². The van der Waals surface area contributed by atoms with Gasteiger partial charge in [-0.15, -0.1) is 5.10 Å². The number of aromatic nitrogens is 6. The highest BCUT2D eigenvalue weighted by Gasteiger charge is 2.43. The molecule has 3 aromatic rings. The third kappa shape index (κ3) is 4.51. The Hall–Kier alpha value is -2.79. The average molecular weight is 470 g/mol. The van der Waals surface area contributed by atoms with Gasteiger partial charge in [0.2, 0.25) is 11.1 Å². The lowest BCUT2D eigenvalue weighted by Gasteiger charge is -2.47. The Morgan fingerprint density at radius 2 is 2.15 bits per heavy atom. The summed E-state index contributed by atoms with van der Waals surface area (Å²) >= 11 is 1.46. The molecule has 9 nitrogen and oxygen atoms in total. The van der Waals surface area contributed by atoms with Crippen LogP contribution >= 0.6 is 11.8 Å². The Morgan fingerprint density at radius 1 is 1.27 bits per heavy atom. The van der Waals surface area contributed by atoms with Gasteiger partial charge in [-0.1, -0.05) is 17.8 Å². The summed E-state index contributed by atoms with van der Waals surface area (Å²) in [6.07, 6.45) is 7.52. The molecule has 2 aliphatic heterocycles. The summed E-state index contributed by atoms with van der Waals surface area (Å²) in [4.78, 5) is 11.2. The monoisotopic (exact) mass is 469 g/mol. The number of nitrogens with one attached hydrogen (secondary N) is 2. The topological polar surface area (TPSA) is 96.7 Å². The number of piperidine rings is 1. The van der Waals surface area contributed by atoms with Crippen molar-refractivity contribution < 1.29 is 4.39 Å². The molecular weight excluding hydrogens is 441 g/mol. The molecule has 0 bridgehead atoms. The predicted octanol–water partition coefficient (Wildman–Crippen LogP) is 3.87. The Labute approximate surface area is 196 Å². The number of anilines is 3.